The molecule has 3 fully saturated rings. The highest BCUT2D eigenvalue weighted by molar-refractivity contribution is 6.36. The lowest BCUT2D eigenvalue weighted by atomic mass is 9.48. The zero-order chi connectivity index (χ0) is 44.2. The summed E-state index contributed by atoms with van der Waals surface area (Å²) in [6.07, 6.45) is -9.38. The standard InChI is InChI=1S/C45H31Cl2F6N3O6/c1-62-27-10-7-22(8-11-27)43-32(40(59)56(42(43)61)54-34-14-9-25(46)19-33(34)47)20-31-29(38(43)37-28-5-3-2-4-21(28)6-15-35(37)57)12-13-30-36(31)41(60)55(39(30)58)26-17-23(44(48,49)50)16-24(18-26)45(51,52)53/h2-12,14-19,30-32,36,38,54,57H,13,20H2,1H3/t30-,31+,32-,36-,38+,43+/m0/s1. The molecule has 2 heterocycles. The van der Waals surface area contributed by atoms with Crippen molar-refractivity contribution >= 4 is 69.0 Å². The summed E-state index contributed by atoms with van der Waals surface area (Å²) < 4.78 is 89.6. The van der Waals surface area contributed by atoms with Crippen LogP contribution in [0.4, 0.5) is 37.7 Å². The molecule has 4 aliphatic rings. The van der Waals surface area contributed by atoms with Crippen molar-refractivity contribution in [3.05, 3.63) is 141 Å². The largest absolute Gasteiger partial charge is 0.508 e. The summed E-state index contributed by atoms with van der Waals surface area (Å²) >= 11 is 12.7. The number of allylic oxidation sites excluding steroid dienone is 2. The Bertz CT molecular complexity index is 2750. The number of benzene rings is 5. The molecule has 5 aromatic rings. The van der Waals surface area contributed by atoms with Crippen molar-refractivity contribution in [2.75, 3.05) is 17.4 Å². The van der Waals surface area contributed by atoms with Gasteiger partial charge in [0, 0.05) is 16.5 Å². The molecule has 1 saturated carbocycles. The highest BCUT2D eigenvalue weighted by Gasteiger charge is 2.71. The monoisotopic (exact) mass is 893 g/mol. The number of imide groups is 2. The quantitative estimate of drug-likeness (QED) is 0.0991. The van der Waals surface area contributed by atoms with E-state index in [9.17, 15) is 41.0 Å². The van der Waals surface area contributed by atoms with Crippen LogP contribution in [0.3, 0.4) is 0 Å². The van der Waals surface area contributed by atoms with Gasteiger partial charge in [-0.25, -0.2) is 4.90 Å². The van der Waals surface area contributed by atoms with Crippen LogP contribution in [0.15, 0.2) is 109 Å². The Morgan fingerprint density at radius 3 is 2.11 bits per heavy atom. The summed E-state index contributed by atoms with van der Waals surface area (Å²) in [5.74, 6) is -9.82. The van der Waals surface area contributed by atoms with Gasteiger partial charge >= 0.3 is 12.4 Å². The molecule has 9 rings (SSSR count). The van der Waals surface area contributed by atoms with Crippen LogP contribution in [0, 0.1) is 23.7 Å². The number of nitrogens with one attached hydrogen (secondary N) is 1. The normalized spacial score (nSPS) is 24.9. The van der Waals surface area contributed by atoms with Crippen LogP contribution >= 0.6 is 23.2 Å². The number of carbonyl (C=O) groups is 4. The zero-order valence-electron chi connectivity index (χ0n) is 32.0. The number of methoxy groups -OCH3 is 1. The molecule has 0 spiro atoms. The molecule has 62 heavy (non-hydrogen) atoms. The molecule has 0 bridgehead atoms. The number of amides is 4. The molecule has 9 nitrogen and oxygen atoms in total. The Morgan fingerprint density at radius 1 is 0.790 bits per heavy atom. The van der Waals surface area contributed by atoms with Crippen LogP contribution in [-0.2, 0) is 36.9 Å². The molecule has 2 N–H and O–H groups in total. The number of phenolic OH excluding ortho intramolecular Hbond substituents is 1. The van der Waals surface area contributed by atoms with E-state index in [2.05, 4.69) is 5.43 Å². The lowest BCUT2D eigenvalue weighted by Crippen LogP contribution is -2.53. The number of alkyl halides is 6. The first-order valence-corrected chi connectivity index (χ1v) is 19.9. The third-order valence-electron chi connectivity index (χ3n) is 12.6. The van der Waals surface area contributed by atoms with E-state index < -0.39 is 87.8 Å². The van der Waals surface area contributed by atoms with Gasteiger partial charge in [-0.15, -0.1) is 0 Å². The molecule has 4 amide bonds. The molecule has 2 aliphatic heterocycles. The van der Waals surface area contributed by atoms with E-state index in [1.807, 2.05) is 0 Å². The first-order valence-electron chi connectivity index (χ1n) is 19.2. The van der Waals surface area contributed by atoms with E-state index in [1.54, 1.807) is 60.7 Å². The average Bonchev–Trinajstić information content (AvgIpc) is 3.61. The Hall–Kier alpha value is -6.06. The molecule has 0 radical (unpaired) electrons. The topological polar surface area (TPSA) is 116 Å². The van der Waals surface area contributed by atoms with E-state index >= 15 is 9.59 Å². The number of ether oxygens (including phenoxy) is 1. The second-order valence-electron chi connectivity index (χ2n) is 15.7. The van der Waals surface area contributed by atoms with Gasteiger partial charge in [0.1, 0.15) is 11.5 Å². The number of nitrogens with zero attached hydrogens (tertiary/aromatic N) is 2. The van der Waals surface area contributed by atoms with E-state index in [4.69, 9.17) is 27.9 Å². The van der Waals surface area contributed by atoms with Crippen molar-refractivity contribution < 1.29 is 55.4 Å². The lowest BCUT2D eigenvalue weighted by molar-refractivity contribution is -0.143. The van der Waals surface area contributed by atoms with Gasteiger partial charge in [-0.3, -0.25) is 24.6 Å². The third kappa shape index (κ3) is 6.22. The summed E-state index contributed by atoms with van der Waals surface area (Å²) in [7, 11) is 1.44. The molecular formula is C45H31Cl2F6N3O6. The Labute approximate surface area is 358 Å². The maximum atomic E-state index is 15.6. The SMILES string of the molecule is COc1ccc([C@@]23C(=O)N(Nc4ccc(Cl)cc4Cl)C(=O)[C@@H]2C[C@@H]2C(=CC[C@@H]4C(=O)N(c5cc(C(F)(F)F)cc(C(F)(F)F)c5)C(=O)[C@@H]42)[C@@H]3c2c(O)ccc3ccccc23)cc1. The van der Waals surface area contributed by atoms with E-state index in [0.717, 1.165) is 5.01 Å². The van der Waals surface area contributed by atoms with Crippen LogP contribution < -0.4 is 15.1 Å². The molecule has 6 atom stereocenters. The highest BCUT2D eigenvalue weighted by atomic mass is 35.5. The molecule has 5 aromatic carbocycles. The van der Waals surface area contributed by atoms with Gasteiger partial charge < -0.3 is 9.84 Å². The third-order valence-corrected chi connectivity index (χ3v) is 13.2. The number of carbonyl (C=O) groups excluding carboxylic acids is 4. The van der Waals surface area contributed by atoms with Gasteiger partial charge in [-0.1, -0.05) is 77.3 Å². The van der Waals surface area contributed by atoms with Crippen LogP contribution in [0.5, 0.6) is 11.5 Å². The first kappa shape index (κ1) is 41.3. The fourth-order valence-electron chi connectivity index (χ4n) is 10.1. The van der Waals surface area contributed by atoms with Crippen LogP contribution in [0.2, 0.25) is 10.0 Å². The van der Waals surface area contributed by atoms with Crippen molar-refractivity contribution in [1.82, 2.24) is 5.01 Å². The van der Waals surface area contributed by atoms with E-state index in [-0.39, 0.29) is 46.0 Å². The lowest BCUT2D eigenvalue weighted by Gasteiger charge is -2.51. The fourth-order valence-corrected chi connectivity index (χ4v) is 10.5. The zero-order valence-corrected chi connectivity index (χ0v) is 33.5. The number of anilines is 2. The van der Waals surface area contributed by atoms with Crippen LogP contribution in [0.25, 0.3) is 10.8 Å². The van der Waals surface area contributed by atoms with Gasteiger partial charge in [-0.05, 0) is 89.7 Å². The van der Waals surface area contributed by atoms with Gasteiger partial charge in [0.05, 0.1) is 57.8 Å². The highest BCUT2D eigenvalue weighted by Crippen LogP contribution is 2.66. The fraction of sp³-hybridized carbons (Fsp3) is 0.244. The van der Waals surface area contributed by atoms with Crippen molar-refractivity contribution in [1.29, 1.82) is 0 Å². The summed E-state index contributed by atoms with van der Waals surface area (Å²) in [5, 5.41) is 14.2. The van der Waals surface area contributed by atoms with Gasteiger partial charge in [-0.2, -0.15) is 31.4 Å². The molecule has 318 valence electrons. The van der Waals surface area contributed by atoms with Crippen LogP contribution in [0.1, 0.15) is 41.0 Å². The minimum absolute atomic E-state index is 0.0624. The molecule has 2 aliphatic carbocycles. The molecular weight excluding hydrogens is 863 g/mol. The summed E-state index contributed by atoms with van der Waals surface area (Å²) in [6, 6.07) is 21.4. The molecule has 0 unspecified atom stereocenters. The minimum Gasteiger partial charge on any atom is -0.508 e. The minimum atomic E-state index is -5.27. The smallest absolute Gasteiger partial charge is 0.416 e. The summed E-state index contributed by atoms with van der Waals surface area (Å²) in [6.45, 7) is 0. The van der Waals surface area contributed by atoms with Crippen molar-refractivity contribution in [3.8, 4) is 11.5 Å². The number of rotatable bonds is 6. The predicted molar refractivity (Wildman–Crippen MR) is 215 cm³/mol. The second kappa shape index (κ2) is 14.5. The predicted octanol–water partition coefficient (Wildman–Crippen LogP) is 10.1. The number of hydrogen-bond donors (Lipinski definition) is 2. The second-order valence-corrected chi connectivity index (χ2v) is 16.6. The Balaban J connectivity index is 1.27. The number of fused-ring (bicyclic) bond motifs is 5. The number of aromatic hydroxyl groups is 1. The Kier molecular flexibility index (Phi) is 9.67. The van der Waals surface area contributed by atoms with Crippen molar-refractivity contribution in [2.24, 2.45) is 23.7 Å². The first-order chi connectivity index (χ1) is 29.4. The molecule has 2 saturated heterocycles. The van der Waals surface area contributed by atoms with Gasteiger partial charge in [0.15, 0.2) is 0 Å². The van der Waals surface area contributed by atoms with Crippen molar-refractivity contribution in [2.45, 2.75) is 36.5 Å². The number of halogens is 8. The number of hydrazine groups is 1. The van der Waals surface area contributed by atoms with E-state index in [0.29, 0.717) is 44.7 Å². The van der Waals surface area contributed by atoms with E-state index in [1.165, 1.54) is 31.4 Å². The maximum absolute atomic E-state index is 15.6. The van der Waals surface area contributed by atoms with Gasteiger partial charge in [0.2, 0.25) is 11.8 Å². The van der Waals surface area contributed by atoms with Crippen molar-refractivity contribution in [3.63, 3.8) is 0 Å². The number of phenols is 1. The summed E-state index contributed by atoms with van der Waals surface area (Å²) in [5.41, 5.74) is -2.31. The summed E-state index contributed by atoms with van der Waals surface area (Å²) in [4.78, 5) is 60.1. The molecule has 17 heteroatoms. The maximum Gasteiger partial charge on any atom is 0.416 e. The van der Waals surface area contributed by atoms with Crippen LogP contribution in [-0.4, -0.2) is 40.9 Å². The average molecular weight is 895 g/mol. The van der Waals surface area contributed by atoms with Gasteiger partial charge in [0.25, 0.3) is 11.8 Å². The Morgan fingerprint density at radius 2 is 1.47 bits per heavy atom. The number of hydrogen-bond acceptors (Lipinski definition) is 7. The molecule has 0 aromatic heterocycles.